The summed E-state index contributed by atoms with van der Waals surface area (Å²) in [6.07, 6.45) is 1.12. The maximum absolute atomic E-state index is 4.60. The first-order valence-electron chi connectivity index (χ1n) is 6.00. The van der Waals surface area contributed by atoms with Crippen LogP contribution in [0.5, 0.6) is 0 Å². The first-order chi connectivity index (χ1) is 7.84. The van der Waals surface area contributed by atoms with Gasteiger partial charge in [0, 0.05) is 32.7 Å². The van der Waals surface area contributed by atoms with E-state index in [-0.39, 0.29) is 0 Å². The molecule has 1 unspecified atom stereocenters. The van der Waals surface area contributed by atoms with E-state index in [2.05, 4.69) is 32.5 Å². The second kappa shape index (κ2) is 3.93. The third kappa shape index (κ3) is 1.63. The van der Waals surface area contributed by atoms with E-state index in [4.69, 9.17) is 0 Å². The third-order valence-electron chi connectivity index (χ3n) is 3.28. The molecule has 0 amide bonds. The molecule has 3 heterocycles. The first kappa shape index (κ1) is 9.89. The van der Waals surface area contributed by atoms with Gasteiger partial charge in [-0.3, -0.25) is 0 Å². The minimum atomic E-state index is 0.459. The van der Waals surface area contributed by atoms with Crippen LogP contribution in [0.3, 0.4) is 0 Å². The Labute approximate surface area is 95.0 Å². The second-order valence-corrected chi connectivity index (χ2v) is 4.48. The molecule has 1 aromatic heterocycles. The van der Waals surface area contributed by atoms with Crippen molar-refractivity contribution in [3.05, 3.63) is 0 Å². The van der Waals surface area contributed by atoms with E-state index >= 15 is 0 Å². The lowest BCUT2D eigenvalue weighted by atomic mass is 10.2. The molecule has 0 bridgehead atoms. The fourth-order valence-corrected chi connectivity index (χ4v) is 2.25. The van der Waals surface area contributed by atoms with Crippen molar-refractivity contribution in [3.8, 4) is 0 Å². The Hall–Kier alpha value is -1.30. The number of aromatic nitrogens is 3. The quantitative estimate of drug-likeness (QED) is 0.704. The van der Waals surface area contributed by atoms with Crippen molar-refractivity contribution < 1.29 is 0 Å². The van der Waals surface area contributed by atoms with E-state index in [1.165, 1.54) is 0 Å². The molecule has 0 saturated carbocycles. The lowest BCUT2D eigenvalue weighted by Gasteiger charge is -2.25. The summed E-state index contributed by atoms with van der Waals surface area (Å²) in [4.78, 5) is 6.81. The van der Waals surface area contributed by atoms with Crippen molar-refractivity contribution >= 4 is 11.9 Å². The number of hydrogen-bond donors (Lipinski definition) is 2. The summed E-state index contributed by atoms with van der Waals surface area (Å²) in [5, 5.41) is 11.2. The van der Waals surface area contributed by atoms with Crippen LogP contribution in [0.25, 0.3) is 0 Å². The Balaban J connectivity index is 1.85. The number of rotatable bonds is 1. The molecule has 2 aliphatic heterocycles. The van der Waals surface area contributed by atoms with Crippen LogP contribution in [0, 0.1) is 0 Å². The Morgan fingerprint density at radius 3 is 2.81 bits per heavy atom. The summed E-state index contributed by atoms with van der Waals surface area (Å²) in [6.45, 7) is 7.23. The van der Waals surface area contributed by atoms with E-state index in [0.29, 0.717) is 6.04 Å². The zero-order valence-electron chi connectivity index (χ0n) is 9.61. The van der Waals surface area contributed by atoms with Gasteiger partial charge in [-0.05, 0) is 13.3 Å². The normalized spacial score (nSPS) is 25.1. The average molecular weight is 222 g/mol. The second-order valence-electron chi connectivity index (χ2n) is 4.48. The van der Waals surface area contributed by atoms with Crippen molar-refractivity contribution in [1.29, 1.82) is 0 Å². The van der Waals surface area contributed by atoms with Gasteiger partial charge in [0.05, 0.1) is 6.04 Å². The minimum absolute atomic E-state index is 0.459. The summed E-state index contributed by atoms with van der Waals surface area (Å²) in [5.41, 5.74) is 0. The van der Waals surface area contributed by atoms with Crippen molar-refractivity contribution in [1.82, 2.24) is 20.1 Å². The highest BCUT2D eigenvalue weighted by molar-refractivity contribution is 5.39. The lowest BCUT2D eigenvalue weighted by Crippen LogP contribution is -2.44. The van der Waals surface area contributed by atoms with Crippen molar-refractivity contribution in [2.24, 2.45) is 0 Å². The van der Waals surface area contributed by atoms with Crippen LogP contribution in [0.1, 0.15) is 19.4 Å². The fraction of sp³-hybridized carbons (Fsp3) is 0.800. The van der Waals surface area contributed by atoms with Crippen molar-refractivity contribution in [2.45, 2.75) is 19.4 Å². The van der Waals surface area contributed by atoms with Crippen LogP contribution < -0.4 is 15.5 Å². The van der Waals surface area contributed by atoms with Gasteiger partial charge in [-0.25, -0.2) is 4.68 Å². The van der Waals surface area contributed by atoms with Crippen LogP contribution in [-0.4, -0.2) is 47.5 Å². The van der Waals surface area contributed by atoms with Gasteiger partial charge in [0.1, 0.15) is 0 Å². The van der Waals surface area contributed by atoms with Gasteiger partial charge >= 0.3 is 0 Å². The summed E-state index contributed by atoms with van der Waals surface area (Å²) in [6, 6.07) is 0.459. The topological polar surface area (TPSA) is 58.0 Å². The Kier molecular flexibility index (Phi) is 2.43. The summed E-state index contributed by atoms with van der Waals surface area (Å²) < 4.78 is 2.01. The highest BCUT2D eigenvalue weighted by atomic mass is 15.5. The molecule has 1 saturated heterocycles. The minimum Gasteiger partial charge on any atom is -0.354 e. The van der Waals surface area contributed by atoms with Crippen LogP contribution in [0.2, 0.25) is 0 Å². The van der Waals surface area contributed by atoms with Gasteiger partial charge in [0.15, 0.2) is 0 Å². The number of piperazine rings is 1. The molecular formula is C10H18N6. The molecule has 88 valence electrons. The first-order valence-corrected chi connectivity index (χ1v) is 6.00. The molecule has 1 fully saturated rings. The zero-order chi connectivity index (χ0) is 11.0. The predicted molar refractivity (Wildman–Crippen MR) is 62.9 cm³/mol. The molecular weight excluding hydrogens is 204 g/mol. The van der Waals surface area contributed by atoms with Crippen LogP contribution >= 0.6 is 0 Å². The number of fused-ring (bicyclic) bond motifs is 1. The molecule has 1 aromatic rings. The average Bonchev–Trinajstić information content (AvgIpc) is 2.76. The molecule has 3 rings (SSSR count). The standard InChI is InChI=1S/C10H18N6/c1-8-2-3-12-9-13-10(14-16(8)9)15-6-4-11-5-7-15/h8,11H,2-7H2,1H3,(H,12,13,14). The van der Waals surface area contributed by atoms with E-state index < -0.39 is 0 Å². The maximum atomic E-state index is 4.60. The Bertz CT molecular complexity index is 367. The van der Waals surface area contributed by atoms with Gasteiger partial charge in [-0.15, -0.1) is 5.10 Å². The number of hydrogen-bond acceptors (Lipinski definition) is 5. The van der Waals surface area contributed by atoms with Gasteiger partial charge < -0.3 is 15.5 Å². The van der Waals surface area contributed by atoms with E-state index in [0.717, 1.165) is 51.0 Å². The van der Waals surface area contributed by atoms with Crippen molar-refractivity contribution in [3.63, 3.8) is 0 Å². The van der Waals surface area contributed by atoms with E-state index in [9.17, 15) is 0 Å². The molecule has 16 heavy (non-hydrogen) atoms. The third-order valence-corrected chi connectivity index (χ3v) is 3.28. The SMILES string of the molecule is CC1CCNc2nc(N3CCNCC3)nn21. The summed E-state index contributed by atoms with van der Waals surface area (Å²) in [5.74, 6) is 1.80. The lowest BCUT2D eigenvalue weighted by molar-refractivity contribution is 0.450. The van der Waals surface area contributed by atoms with E-state index in [1.54, 1.807) is 0 Å². The zero-order valence-corrected chi connectivity index (χ0v) is 9.61. The molecule has 2 N–H and O–H groups in total. The van der Waals surface area contributed by atoms with Gasteiger partial charge in [-0.1, -0.05) is 0 Å². The van der Waals surface area contributed by atoms with Gasteiger partial charge in [0.2, 0.25) is 11.9 Å². The molecule has 0 radical (unpaired) electrons. The van der Waals surface area contributed by atoms with E-state index in [1.807, 2.05) is 4.68 Å². The molecule has 0 aromatic carbocycles. The molecule has 6 heteroatoms. The van der Waals surface area contributed by atoms with Gasteiger partial charge in [0.25, 0.3) is 0 Å². The van der Waals surface area contributed by atoms with Crippen LogP contribution in [-0.2, 0) is 0 Å². The molecule has 1 atom stereocenters. The Morgan fingerprint density at radius 2 is 2.06 bits per heavy atom. The molecule has 2 aliphatic rings. The van der Waals surface area contributed by atoms with Crippen molar-refractivity contribution in [2.75, 3.05) is 42.9 Å². The smallest absolute Gasteiger partial charge is 0.246 e. The van der Waals surface area contributed by atoms with Crippen LogP contribution in [0.4, 0.5) is 11.9 Å². The molecule has 0 spiro atoms. The van der Waals surface area contributed by atoms with Crippen LogP contribution in [0.15, 0.2) is 0 Å². The summed E-state index contributed by atoms with van der Waals surface area (Å²) >= 11 is 0. The molecule has 0 aliphatic carbocycles. The largest absolute Gasteiger partial charge is 0.354 e. The monoisotopic (exact) mass is 222 g/mol. The van der Waals surface area contributed by atoms with Gasteiger partial charge in [-0.2, -0.15) is 4.98 Å². The maximum Gasteiger partial charge on any atom is 0.246 e. The number of anilines is 2. The fourth-order valence-electron chi connectivity index (χ4n) is 2.25. The highest BCUT2D eigenvalue weighted by Gasteiger charge is 2.22. The Morgan fingerprint density at radius 1 is 1.25 bits per heavy atom. The summed E-state index contributed by atoms with van der Waals surface area (Å²) in [7, 11) is 0. The highest BCUT2D eigenvalue weighted by Crippen LogP contribution is 2.23. The molecule has 6 nitrogen and oxygen atoms in total. The number of nitrogens with one attached hydrogen (secondary N) is 2. The number of nitrogens with zero attached hydrogens (tertiary/aromatic N) is 4. The predicted octanol–water partition coefficient (Wildman–Crippen LogP) is 0.0643.